The molecule has 1 amide bonds. The van der Waals surface area contributed by atoms with Crippen molar-refractivity contribution in [3.8, 4) is 5.75 Å². The number of aromatic nitrogens is 2. The van der Waals surface area contributed by atoms with Gasteiger partial charge in [0.2, 0.25) is 0 Å². The molecule has 82 valence electrons. The number of methoxy groups -OCH3 is 1. The minimum absolute atomic E-state index is 0.0927. The van der Waals surface area contributed by atoms with Crippen LogP contribution in [0.1, 0.15) is 6.42 Å². The van der Waals surface area contributed by atoms with Crippen molar-refractivity contribution in [3.05, 3.63) is 12.4 Å². The van der Waals surface area contributed by atoms with Crippen molar-refractivity contribution in [2.45, 2.75) is 6.42 Å². The summed E-state index contributed by atoms with van der Waals surface area (Å²) >= 11 is 0. The number of esters is 1. The second-order valence-corrected chi connectivity index (χ2v) is 2.70. The zero-order chi connectivity index (χ0) is 11.3. The van der Waals surface area contributed by atoms with Gasteiger partial charge >= 0.3 is 12.0 Å². The van der Waals surface area contributed by atoms with Gasteiger partial charge in [-0.05, 0) is 0 Å². The number of carbonyl (C=O) groups excluding carboxylic acids is 2. The predicted molar refractivity (Wildman–Crippen MR) is 49.3 cm³/mol. The zero-order valence-electron chi connectivity index (χ0n) is 8.14. The van der Waals surface area contributed by atoms with E-state index in [9.17, 15) is 9.59 Å². The Hall–Kier alpha value is -2.05. The minimum Gasteiger partial charge on any atom is -0.505 e. The molecule has 15 heavy (non-hydrogen) atoms. The highest BCUT2D eigenvalue weighted by atomic mass is 16.5. The van der Waals surface area contributed by atoms with Gasteiger partial charge in [0, 0.05) is 6.54 Å². The van der Waals surface area contributed by atoms with Crippen LogP contribution in [0.2, 0.25) is 0 Å². The Morgan fingerprint density at radius 3 is 2.93 bits per heavy atom. The van der Waals surface area contributed by atoms with Gasteiger partial charge in [-0.1, -0.05) is 0 Å². The molecule has 0 radical (unpaired) electrons. The van der Waals surface area contributed by atoms with Crippen molar-refractivity contribution in [3.63, 3.8) is 0 Å². The molecule has 7 heteroatoms. The second kappa shape index (κ2) is 4.99. The summed E-state index contributed by atoms with van der Waals surface area (Å²) in [4.78, 5) is 22.0. The fourth-order valence-electron chi connectivity index (χ4n) is 0.879. The number of aromatic hydroxyl groups is 1. The summed E-state index contributed by atoms with van der Waals surface area (Å²) in [7, 11) is 1.27. The van der Waals surface area contributed by atoms with Crippen LogP contribution in [0, 0.1) is 0 Å². The van der Waals surface area contributed by atoms with Crippen LogP contribution in [0.5, 0.6) is 5.75 Å². The molecule has 0 spiro atoms. The van der Waals surface area contributed by atoms with Gasteiger partial charge in [-0.15, -0.1) is 0 Å². The van der Waals surface area contributed by atoms with Gasteiger partial charge in [-0.3, -0.25) is 4.79 Å². The molecule has 0 aromatic carbocycles. The Morgan fingerprint density at radius 2 is 2.40 bits per heavy atom. The molecule has 1 rings (SSSR count). The normalized spacial score (nSPS) is 9.67. The lowest BCUT2D eigenvalue weighted by Gasteiger charge is -2.02. The van der Waals surface area contributed by atoms with E-state index in [1.807, 2.05) is 0 Å². The standard InChI is InChI=1S/C8H11N3O4/c1-15-7(13)2-3-9-8(14)11-5-6(12)4-10-11/h4-5,12H,2-3H2,1H3,(H,9,14). The van der Waals surface area contributed by atoms with E-state index >= 15 is 0 Å². The van der Waals surface area contributed by atoms with Gasteiger partial charge in [0.25, 0.3) is 0 Å². The molecule has 0 atom stereocenters. The van der Waals surface area contributed by atoms with Crippen molar-refractivity contribution in [2.75, 3.05) is 13.7 Å². The van der Waals surface area contributed by atoms with Crippen LogP contribution in [0.3, 0.4) is 0 Å². The molecule has 0 aliphatic carbocycles. The first kappa shape index (κ1) is 11.0. The molecule has 1 aromatic rings. The fourth-order valence-corrected chi connectivity index (χ4v) is 0.879. The van der Waals surface area contributed by atoms with Crippen molar-refractivity contribution in [2.24, 2.45) is 0 Å². The van der Waals surface area contributed by atoms with Gasteiger partial charge in [-0.25, -0.2) is 4.79 Å². The van der Waals surface area contributed by atoms with Gasteiger partial charge in [-0.2, -0.15) is 9.78 Å². The summed E-state index contributed by atoms with van der Waals surface area (Å²) < 4.78 is 5.33. The highest BCUT2D eigenvalue weighted by Crippen LogP contribution is 2.03. The number of rotatable bonds is 3. The smallest absolute Gasteiger partial charge is 0.342 e. The number of ether oxygens (including phenoxy) is 1. The van der Waals surface area contributed by atoms with Crippen LogP contribution in [-0.4, -0.2) is 40.5 Å². The first-order chi connectivity index (χ1) is 7.13. The zero-order valence-corrected chi connectivity index (χ0v) is 8.14. The summed E-state index contributed by atoms with van der Waals surface area (Å²) in [5.74, 6) is -0.503. The third-order valence-electron chi connectivity index (χ3n) is 1.61. The minimum atomic E-state index is -0.515. The van der Waals surface area contributed by atoms with Crippen LogP contribution in [0.4, 0.5) is 4.79 Å². The highest BCUT2D eigenvalue weighted by Gasteiger charge is 2.06. The third kappa shape index (κ3) is 3.29. The number of hydrogen-bond donors (Lipinski definition) is 2. The van der Waals surface area contributed by atoms with Crippen LogP contribution in [0.25, 0.3) is 0 Å². The molecule has 0 saturated heterocycles. The number of amides is 1. The van der Waals surface area contributed by atoms with E-state index < -0.39 is 12.0 Å². The average Bonchev–Trinajstić information content (AvgIpc) is 2.64. The van der Waals surface area contributed by atoms with E-state index in [2.05, 4.69) is 15.2 Å². The van der Waals surface area contributed by atoms with E-state index in [1.54, 1.807) is 0 Å². The SMILES string of the molecule is COC(=O)CCNC(=O)n1cc(O)cn1. The fraction of sp³-hybridized carbons (Fsp3) is 0.375. The third-order valence-corrected chi connectivity index (χ3v) is 1.61. The monoisotopic (exact) mass is 213 g/mol. The summed E-state index contributed by atoms with van der Waals surface area (Å²) in [5, 5.41) is 14.9. The molecule has 1 heterocycles. The average molecular weight is 213 g/mol. The Kier molecular flexibility index (Phi) is 3.67. The molecule has 1 aromatic heterocycles. The molecule has 0 aliphatic rings. The topological polar surface area (TPSA) is 93.5 Å². The van der Waals surface area contributed by atoms with Crippen molar-refractivity contribution in [1.82, 2.24) is 15.1 Å². The van der Waals surface area contributed by atoms with Crippen LogP contribution < -0.4 is 5.32 Å². The van der Waals surface area contributed by atoms with Crippen molar-refractivity contribution >= 4 is 12.0 Å². The van der Waals surface area contributed by atoms with Gasteiger partial charge in [0.15, 0.2) is 5.75 Å². The molecular formula is C8H11N3O4. The van der Waals surface area contributed by atoms with E-state index in [0.717, 1.165) is 17.1 Å². The highest BCUT2D eigenvalue weighted by molar-refractivity contribution is 5.76. The lowest BCUT2D eigenvalue weighted by Crippen LogP contribution is -2.30. The molecular weight excluding hydrogens is 202 g/mol. The number of nitrogens with zero attached hydrogens (tertiary/aromatic N) is 2. The van der Waals surface area contributed by atoms with Crippen molar-refractivity contribution < 1.29 is 19.4 Å². The molecule has 0 fully saturated rings. The first-order valence-electron chi connectivity index (χ1n) is 4.22. The summed E-state index contributed by atoms with van der Waals surface area (Å²) in [6, 6.07) is -0.515. The summed E-state index contributed by atoms with van der Waals surface area (Å²) in [5.41, 5.74) is 0. The van der Waals surface area contributed by atoms with Crippen molar-refractivity contribution in [1.29, 1.82) is 0 Å². The maximum absolute atomic E-state index is 11.3. The Morgan fingerprint density at radius 1 is 1.67 bits per heavy atom. The Labute approximate surface area is 85.6 Å². The maximum atomic E-state index is 11.3. The van der Waals surface area contributed by atoms with Crippen LogP contribution in [-0.2, 0) is 9.53 Å². The van der Waals surface area contributed by atoms with Gasteiger partial charge in [0.05, 0.1) is 25.9 Å². The van der Waals surface area contributed by atoms with E-state index in [0.29, 0.717) is 0 Å². The van der Waals surface area contributed by atoms with E-state index in [1.165, 1.54) is 7.11 Å². The molecule has 0 saturated carbocycles. The molecule has 0 unspecified atom stereocenters. The molecule has 2 N–H and O–H groups in total. The molecule has 0 bridgehead atoms. The van der Waals surface area contributed by atoms with Gasteiger partial charge < -0.3 is 15.2 Å². The molecule has 7 nitrogen and oxygen atoms in total. The number of carbonyl (C=O) groups is 2. The number of nitrogens with one attached hydrogen (secondary N) is 1. The Bertz CT molecular complexity index is 361. The largest absolute Gasteiger partial charge is 0.505 e. The Balaban J connectivity index is 2.34. The van der Waals surface area contributed by atoms with E-state index in [4.69, 9.17) is 5.11 Å². The number of hydrogen-bond acceptors (Lipinski definition) is 5. The van der Waals surface area contributed by atoms with Gasteiger partial charge in [0.1, 0.15) is 0 Å². The first-order valence-corrected chi connectivity index (χ1v) is 4.22. The summed E-state index contributed by atoms with van der Waals surface area (Å²) in [6.45, 7) is 0.159. The quantitative estimate of drug-likeness (QED) is 0.673. The molecule has 0 aliphatic heterocycles. The van der Waals surface area contributed by atoms with Crippen LogP contribution in [0.15, 0.2) is 12.4 Å². The lowest BCUT2D eigenvalue weighted by molar-refractivity contribution is -0.140. The lowest BCUT2D eigenvalue weighted by atomic mass is 10.4. The predicted octanol–water partition coefficient (Wildman–Crippen LogP) is -0.291. The van der Waals surface area contributed by atoms with E-state index in [-0.39, 0.29) is 18.7 Å². The maximum Gasteiger partial charge on any atom is 0.342 e. The summed E-state index contributed by atoms with van der Waals surface area (Å²) in [6.07, 6.45) is 2.39. The second-order valence-electron chi connectivity index (χ2n) is 2.70. The van der Waals surface area contributed by atoms with Crippen LogP contribution >= 0.6 is 0 Å².